The van der Waals surface area contributed by atoms with Gasteiger partial charge in [0.05, 0.1) is 5.60 Å². The molecule has 0 saturated heterocycles. The molecule has 19 heavy (non-hydrogen) atoms. The highest BCUT2D eigenvalue weighted by Gasteiger charge is 2.30. The molecule has 0 atom stereocenters. The summed E-state index contributed by atoms with van der Waals surface area (Å²) < 4.78 is 0. The zero-order valence-corrected chi connectivity index (χ0v) is 13.7. The van der Waals surface area contributed by atoms with Crippen LogP contribution in [0.25, 0.3) is 0 Å². The summed E-state index contributed by atoms with van der Waals surface area (Å²) in [5.74, 6) is 0.870. The van der Waals surface area contributed by atoms with E-state index in [1.54, 1.807) is 0 Å². The molecule has 1 N–H and O–H groups in total. The molecule has 1 aromatic carbocycles. The smallest absolute Gasteiger partial charge is 0.0693 e. The zero-order chi connectivity index (χ0) is 14.6. The van der Waals surface area contributed by atoms with Gasteiger partial charge in [-0.2, -0.15) is 0 Å². The Morgan fingerprint density at radius 3 is 1.79 bits per heavy atom. The molecule has 0 heterocycles. The maximum atomic E-state index is 10.9. The Morgan fingerprint density at radius 2 is 1.42 bits per heavy atom. The fourth-order valence-corrected chi connectivity index (χ4v) is 3.31. The molecule has 0 bridgehead atoms. The molecule has 0 fully saturated rings. The Labute approximate surface area is 126 Å². The minimum absolute atomic E-state index is 0.435. The molecule has 0 aliphatic rings. The van der Waals surface area contributed by atoms with Crippen LogP contribution >= 0.6 is 23.2 Å². The summed E-state index contributed by atoms with van der Waals surface area (Å²) in [6.45, 7) is 8.50. The quantitative estimate of drug-likeness (QED) is 0.750. The van der Waals surface area contributed by atoms with Gasteiger partial charge in [0.1, 0.15) is 0 Å². The number of hydrogen-bond acceptors (Lipinski definition) is 1. The second kappa shape index (κ2) is 6.97. The Morgan fingerprint density at radius 1 is 1.00 bits per heavy atom. The average molecular weight is 303 g/mol. The lowest BCUT2D eigenvalue weighted by Crippen LogP contribution is -2.35. The minimum atomic E-state index is -0.739. The van der Waals surface area contributed by atoms with Crippen molar-refractivity contribution in [2.45, 2.75) is 52.6 Å². The van der Waals surface area contributed by atoms with Crippen LogP contribution in [-0.2, 0) is 6.42 Å². The van der Waals surface area contributed by atoms with Gasteiger partial charge in [0.25, 0.3) is 0 Å². The Balaban J connectivity index is 3.00. The molecule has 0 spiro atoms. The van der Waals surface area contributed by atoms with Crippen molar-refractivity contribution in [3.63, 3.8) is 0 Å². The maximum absolute atomic E-state index is 10.9. The first-order valence-electron chi connectivity index (χ1n) is 6.89. The second-order valence-corrected chi connectivity index (χ2v) is 7.11. The maximum Gasteiger partial charge on any atom is 0.0693 e. The van der Waals surface area contributed by atoms with Gasteiger partial charge < -0.3 is 5.11 Å². The third-order valence-corrected chi connectivity index (χ3v) is 3.85. The lowest BCUT2D eigenvalue weighted by molar-refractivity contribution is 0.000772. The predicted molar refractivity (Wildman–Crippen MR) is 84.0 cm³/mol. The van der Waals surface area contributed by atoms with Gasteiger partial charge in [-0.15, -0.1) is 0 Å². The van der Waals surface area contributed by atoms with Crippen LogP contribution in [0.4, 0.5) is 0 Å². The highest BCUT2D eigenvalue weighted by atomic mass is 35.5. The number of rotatable bonds is 6. The van der Waals surface area contributed by atoms with Crippen molar-refractivity contribution >= 4 is 23.2 Å². The first-order valence-corrected chi connectivity index (χ1v) is 7.64. The number of hydrogen-bond donors (Lipinski definition) is 1. The van der Waals surface area contributed by atoms with Crippen LogP contribution in [0.2, 0.25) is 10.0 Å². The van der Waals surface area contributed by atoms with Gasteiger partial charge in [-0.25, -0.2) is 0 Å². The molecular weight excluding hydrogens is 279 g/mol. The van der Waals surface area contributed by atoms with Crippen LogP contribution in [-0.4, -0.2) is 10.7 Å². The SMILES string of the molecule is CC(C)CC(O)(Cc1c(Cl)cccc1Cl)CC(C)C. The third-order valence-electron chi connectivity index (χ3n) is 3.14. The molecule has 1 aromatic rings. The van der Waals surface area contributed by atoms with Crippen molar-refractivity contribution in [2.75, 3.05) is 0 Å². The summed E-state index contributed by atoms with van der Waals surface area (Å²) in [5, 5.41) is 12.2. The van der Waals surface area contributed by atoms with E-state index in [1.807, 2.05) is 18.2 Å². The summed E-state index contributed by atoms with van der Waals surface area (Å²) in [5.41, 5.74) is 0.117. The largest absolute Gasteiger partial charge is 0.390 e. The molecule has 108 valence electrons. The van der Waals surface area contributed by atoms with Crippen molar-refractivity contribution in [3.05, 3.63) is 33.8 Å². The standard InChI is InChI=1S/C16H24Cl2O/c1-11(2)8-16(19,9-12(3)4)10-13-14(17)6-5-7-15(13)18/h5-7,11-12,19H,8-10H2,1-4H3. The van der Waals surface area contributed by atoms with Gasteiger partial charge in [0, 0.05) is 16.5 Å². The normalized spacial score (nSPS) is 12.5. The van der Waals surface area contributed by atoms with Gasteiger partial charge in [0.15, 0.2) is 0 Å². The fourth-order valence-electron chi connectivity index (χ4n) is 2.78. The molecule has 1 nitrogen and oxygen atoms in total. The molecule has 1 rings (SSSR count). The molecule has 0 unspecified atom stereocenters. The average Bonchev–Trinajstić information content (AvgIpc) is 2.21. The van der Waals surface area contributed by atoms with E-state index in [1.165, 1.54) is 0 Å². The summed E-state index contributed by atoms with van der Waals surface area (Å²) >= 11 is 12.4. The van der Waals surface area contributed by atoms with Crippen molar-refractivity contribution in [3.8, 4) is 0 Å². The highest BCUT2D eigenvalue weighted by molar-refractivity contribution is 6.36. The predicted octanol–water partition coefficient (Wildman–Crippen LogP) is 5.36. The molecule has 3 heteroatoms. The summed E-state index contributed by atoms with van der Waals surface area (Å²) in [6.07, 6.45) is 2.03. The zero-order valence-electron chi connectivity index (χ0n) is 12.2. The van der Waals surface area contributed by atoms with E-state index in [4.69, 9.17) is 23.2 Å². The Kier molecular flexibility index (Phi) is 6.16. The van der Waals surface area contributed by atoms with E-state index < -0.39 is 5.60 Å². The lowest BCUT2D eigenvalue weighted by atomic mass is 9.80. The number of halogens is 2. The van der Waals surface area contributed by atoms with Crippen molar-refractivity contribution in [1.29, 1.82) is 0 Å². The summed E-state index contributed by atoms with van der Waals surface area (Å²) in [7, 11) is 0. The van der Waals surface area contributed by atoms with Gasteiger partial charge >= 0.3 is 0 Å². The molecular formula is C16H24Cl2O. The summed E-state index contributed by atoms with van der Waals surface area (Å²) in [6, 6.07) is 5.49. The van der Waals surface area contributed by atoms with Crippen LogP contribution in [0.15, 0.2) is 18.2 Å². The molecule has 0 aliphatic heterocycles. The fraction of sp³-hybridized carbons (Fsp3) is 0.625. The highest BCUT2D eigenvalue weighted by Crippen LogP contribution is 2.34. The monoisotopic (exact) mass is 302 g/mol. The molecule has 0 amide bonds. The van der Waals surface area contributed by atoms with Gasteiger partial charge in [-0.3, -0.25) is 0 Å². The van der Waals surface area contributed by atoms with Crippen molar-refractivity contribution < 1.29 is 5.11 Å². The molecule has 0 saturated carbocycles. The van der Waals surface area contributed by atoms with E-state index in [0.717, 1.165) is 18.4 Å². The van der Waals surface area contributed by atoms with Gasteiger partial charge in [-0.1, -0.05) is 57.0 Å². The van der Waals surface area contributed by atoms with Gasteiger partial charge in [-0.05, 0) is 42.4 Å². The van der Waals surface area contributed by atoms with Gasteiger partial charge in [0.2, 0.25) is 0 Å². The Bertz CT molecular complexity index is 383. The number of aliphatic hydroxyl groups is 1. The van der Waals surface area contributed by atoms with Crippen LogP contribution in [0.1, 0.15) is 46.1 Å². The first-order chi connectivity index (χ1) is 8.73. The first kappa shape index (κ1) is 16.8. The van der Waals surface area contributed by atoms with E-state index in [0.29, 0.717) is 28.3 Å². The minimum Gasteiger partial charge on any atom is -0.390 e. The van der Waals surface area contributed by atoms with E-state index in [9.17, 15) is 5.11 Å². The van der Waals surface area contributed by atoms with Crippen LogP contribution in [0.3, 0.4) is 0 Å². The lowest BCUT2D eigenvalue weighted by Gasteiger charge is -2.32. The second-order valence-electron chi connectivity index (χ2n) is 6.30. The van der Waals surface area contributed by atoms with Crippen LogP contribution < -0.4 is 0 Å². The summed E-state index contributed by atoms with van der Waals surface area (Å²) in [4.78, 5) is 0. The Hall–Kier alpha value is -0.240. The van der Waals surface area contributed by atoms with Crippen molar-refractivity contribution in [2.24, 2.45) is 11.8 Å². The third kappa shape index (κ3) is 5.33. The molecule has 0 aromatic heterocycles. The van der Waals surface area contributed by atoms with Crippen LogP contribution in [0.5, 0.6) is 0 Å². The van der Waals surface area contributed by atoms with Crippen molar-refractivity contribution in [1.82, 2.24) is 0 Å². The topological polar surface area (TPSA) is 20.2 Å². The van der Waals surface area contributed by atoms with E-state index >= 15 is 0 Å². The van der Waals surface area contributed by atoms with Crippen LogP contribution in [0, 0.1) is 11.8 Å². The number of benzene rings is 1. The molecule has 0 radical (unpaired) electrons. The van der Waals surface area contributed by atoms with E-state index in [2.05, 4.69) is 27.7 Å². The van der Waals surface area contributed by atoms with E-state index in [-0.39, 0.29) is 0 Å². The molecule has 0 aliphatic carbocycles.